The number of hydrogen-bond acceptors (Lipinski definition) is 11. The third-order valence-corrected chi connectivity index (χ3v) is 8.78. The number of carbonyl (C=O) groups excluding carboxylic acids is 5. The number of benzene rings is 2. The first-order valence-corrected chi connectivity index (χ1v) is 18.0. The van der Waals surface area contributed by atoms with E-state index in [1.54, 1.807) is 43.3 Å². The van der Waals surface area contributed by atoms with Crippen LogP contribution in [0.5, 0.6) is 0 Å². The van der Waals surface area contributed by atoms with Gasteiger partial charge in [-0.05, 0) is 77.3 Å². The van der Waals surface area contributed by atoms with Crippen molar-refractivity contribution in [2.45, 2.75) is 78.2 Å². The molecular weight excluding hydrogens is 678 g/mol. The van der Waals surface area contributed by atoms with Gasteiger partial charge in [0.1, 0.15) is 5.69 Å². The van der Waals surface area contributed by atoms with E-state index in [1.807, 2.05) is 0 Å². The number of rotatable bonds is 21. The standard InChI is InChI=1S/C41H47N3O9/c1-4-7-8-9-18-51-38(48)22-34(42)29-14-12-26(13-15-29)19-36(46)33-20-28(5-2)30(24-45)21-32(33)31-16-17-35(40(49)43-23-27-10-11-27)44-39(31)41(50)53-25-52-37(47)6-3/h5,12-17,20-21,27,42,45H,2,4,6-11,18-19,22-25H2,1,3H3,(H,43,49). The summed E-state index contributed by atoms with van der Waals surface area (Å²) in [6.07, 6.45) is 7.31. The lowest BCUT2D eigenvalue weighted by Gasteiger charge is -2.17. The minimum absolute atomic E-state index is 0.0456. The Hall–Kier alpha value is -5.49. The van der Waals surface area contributed by atoms with Crippen LogP contribution in [0, 0.1) is 11.3 Å². The summed E-state index contributed by atoms with van der Waals surface area (Å²) in [4.78, 5) is 68.7. The van der Waals surface area contributed by atoms with Gasteiger partial charge in [-0.3, -0.25) is 19.2 Å². The fourth-order valence-electron chi connectivity index (χ4n) is 5.49. The molecule has 1 aliphatic rings. The van der Waals surface area contributed by atoms with Gasteiger partial charge < -0.3 is 30.0 Å². The molecule has 0 unspecified atom stereocenters. The largest absolute Gasteiger partial charge is 0.465 e. The molecule has 1 heterocycles. The summed E-state index contributed by atoms with van der Waals surface area (Å²) in [5.74, 6) is -2.46. The van der Waals surface area contributed by atoms with E-state index < -0.39 is 37.2 Å². The Morgan fingerprint density at radius 3 is 2.36 bits per heavy atom. The second-order valence-corrected chi connectivity index (χ2v) is 12.9. The number of aliphatic hydroxyl groups excluding tert-OH is 1. The van der Waals surface area contributed by atoms with E-state index in [-0.39, 0.29) is 58.8 Å². The maximum Gasteiger partial charge on any atom is 0.360 e. The van der Waals surface area contributed by atoms with Crippen molar-refractivity contribution < 1.29 is 43.3 Å². The summed E-state index contributed by atoms with van der Waals surface area (Å²) >= 11 is 0. The van der Waals surface area contributed by atoms with Crippen LogP contribution in [-0.4, -0.2) is 65.3 Å². The average Bonchev–Trinajstić information content (AvgIpc) is 4.01. The van der Waals surface area contributed by atoms with E-state index in [0.29, 0.717) is 41.3 Å². The van der Waals surface area contributed by atoms with Gasteiger partial charge in [-0.1, -0.05) is 70.0 Å². The van der Waals surface area contributed by atoms with Crippen LogP contribution in [-0.2, 0) is 36.8 Å². The van der Waals surface area contributed by atoms with E-state index >= 15 is 0 Å². The van der Waals surface area contributed by atoms with Crippen LogP contribution < -0.4 is 5.32 Å². The van der Waals surface area contributed by atoms with Crippen molar-refractivity contribution in [3.63, 3.8) is 0 Å². The highest BCUT2D eigenvalue weighted by molar-refractivity contribution is 6.09. The van der Waals surface area contributed by atoms with Crippen molar-refractivity contribution in [1.82, 2.24) is 10.3 Å². The van der Waals surface area contributed by atoms with Crippen LogP contribution in [0.15, 0.2) is 55.1 Å². The van der Waals surface area contributed by atoms with E-state index in [9.17, 15) is 29.1 Å². The van der Waals surface area contributed by atoms with Gasteiger partial charge in [-0.25, -0.2) is 9.78 Å². The summed E-state index contributed by atoms with van der Waals surface area (Å²) < 4.78 is 15.4. The summed E-state index contributed by atoms with van der Waals surface area (Å²) in [5, 5.41) is 21.4. The second kappa shape index (κ2) is 19.9. The number of carbonyl (C=O) groups is 5. The van der Waals surface area contributed by atoms with Gasteiger partial charge in [-0.2, -0.15) is 0 Å². The van der Waals surface area contributed by atoms with E-state index in [2.05, 4.69) is 23.8 Å². The number of ketones is 1. The normalized spacial score (nSPS) is 12.1. The van der Waals surface area contributed by atoms with Crippen LogP contribution in [0.25, 0.3) is 17.2 Å². The topological polar surface area (TPSA) is 182 Å². The lowest BCUT2D eigenvalue weighted by Crippen LogP contribution is -2.27. The van der Waals surface area contributed by atoms with Crippen LogP contribution in [0.3, 0.4) is 0 Å². The number of ether oxygens (including phenoxy) is 3. The Bertz CT molecular complexity index is 1830. The molecule has 0 spiro atoms. The molecule has 1 aromatic heterocycles. The van der Waals surface area contributed by atoms with Crippen molar-refractivity contribution in [1.29, 1.82) is 5.41 Å². The van der Waals surface area contributed by atoms with Crippen molar-refractivity contribution >= 4 is 41.4 Å². The zero-order chi connectivity index (χ0) is 38.3. The monoisotopic (exact) mass is 725 g/mol. The summed E-state index contributed by atoms with van der Waals surface area (Å²) in [6.45, 7) is 7.24. The molecule has 53 heavy (non-hydrogen) atoms. The Morgan fingerprint density at radius 1 is 0.943 bits per heavy atom. The molecule has 0 aliphatic heterocycles. The number of nitrogens with one attached hydrogen (secondary N) is 2. The Morgan fingerprint density at radius 2 is 1.70 bits per heavy atom. The maximum atomic E-state index is 14.0. The molecule has 0 radical (unpaired) electrons. The molecule has 3 N–H and O–H groups in total. The average molecular weight is 726 g/mol. The van der Waals surface area contributed by atoms with Gasteiger partial charge in [0.2, 0.25) is 6.79 Å². The smallest absolute Gasteiger partial charge is 0.360 e. The number of aromatic nitrogens is 1. The van der Waals surface area contributed by atoms with Gasteiger partial charge in [0.25, 0.3) is 5.91 Å². The Labute approximate surface area is 309 Å². The van der Waals surface area contributed by atoms with Crippen LogP contribution >= 0.6 is 0 Å². The number of nitrogens with zero attached hydrogens (tertiary/aromatic N) is 1. The minimum atomic E-state index is -0.990. The summed E-state index contributed by atoms with van der Waals surface area (Å²) in [7, 11) is 0. The highest BCUT2D eigenvalue weighted by Crippen LogP contribution is 2.32. The first kappa shape index (κ1) is 40.3. The molecule has 12 heteroatoms. The molecule has 1 amide bonds. The van der Waals surface area contributed by atoms with Gasteiger partial charge in [0.15, 0.2) is 11.5 Å². The van der Waals surface area contributed by atoms with E-state index in [4.69, 9.17) is 19.6 Å². The quantitative estimate of drug-likeness (QED) is 0.0366. The number of Topliss-reactive ketones (excluding diaryl/α,β-unsaturated/α-hetero) is 1. The van der Waals surface area contributed by atoms with Crippen LogP contribution in [0.1, 0.15) is 119 Å². The summed E-state index contributed by atoms with van der Waals surface area (Å²) in [6, 6.07) is 12.8. The lowest BCUT2D eigenvalue weighted by atomic mass is 9.89. The summed E-state index contributed by atoms with van der Waals surface area (Å²) in [5.41, 5.74) is 2.44. The maximum absolute atomic E-state index is 14.0. The number of esters is 3. The van der Waals surface area contributed by atoms with Crippen molar-refractivity contribution in [3.05, 3.63) is 94.3 Å². The minimum Gasteiger partial charge on any atom is -0.465 e. The Balaban J connectivity index is 1.61. The molecule has 0 bridgehead atoms. The van der Waals surface area contributed by atoms with Gasteiger partial charge in [-0.15, -0.1) is 0 Å². The third kappa shape index (κ3) is 11.8. The van der Waals surface area contributed by atoms with Gasteiger partial charge >= 0.3 is 17.9 Å². The van der Waals surface area contributed by atoms with Crippen LogP contribution in [0.4, 0.5) is 0 Å². The fraction of sp³-hybridized carbons (Fsp3) is 0.390. The van der Waals surface area contributed by atoms with E-state index in [0.717, 1.165) is 38.5 Å². The molecule has 0 atom stereocenters. The zero-order valence-corrected chi connectivity index (χ0v) is 30.3. The molecule has 280 valence electrons. The number of unbranched alkanes of at least 4 members (excludes halogenated alkanes) is 3. The van der Waals surface area contributed by atoms with Gasteiger partial charge in [0, 0.05) is 36.2 Å². The number of pyridine rings is 1. The highest BCUT2D eigenvalue weighted by Gasteiger charge is 2.26. The predicted octanol–water partition coefficient (Wildman–Crippen LogP) is 6.40. The molecule has 2 aromatic carbocycles. The molecule has 4 rings (SSSR count). The van der Waals surface area contributed by atoms with Crippen molar-refractivity contribution in [3.8, 4) is 11.1 Å². The number of amides is 1. The first-order valence-electron chi connectivity index (χ1n) is 18.0. The molecular formula is C41H47N3O9. The molecule has 12 nitrogen and oxygen atoms in total. The lowest BCUT2D eigenvalue weighted by molar-refractivity contribution is -0.151. The van der Waals surface area contributed by atoms with Crippen LogP contribution in [0.2, 0.25) is 0 Å². The molecule has 0 saturated heterocycles. The van der Waals surface area contributed by atoms with Gasteiger partial charge in [0.05, 0.1) is 19.6 Å². The highest BCUT2D eigenvalue weighted by atomic mass is 16.7. The first-order chi connectivity index (χ1) is 25.6. The predicted molar refractivity (Wildman–Crippen MR) is 198 cm³/mol. The zero-order valence-electron chi connectivity index (χ0n) is 30.3. The van der Waals surface area contributed by atoms with E-state index in [1.165, 1.54) is 18.2 Å². The van der Waals surface area contributed by atoms with Crippen molar-refractivity contribution in [2.24, 2.45) is 5.92 Å². The second-order valence-electron chi connectivity index (χ2n) is 12.9. The number of aliphatic hydroxyl groups is 1. The third-order valence-electron chi connectivity index (χ3n) is 8.78. The number of hydrogen-bond donors (Lipinski definition) is 3. The van der Waals surface area contributed by atoms with Crippen molar-refractivity contribution in [2.75, 3.05) is 19.9 Å². The fourth-order valence-corrected chi connectivity index (χ4v) is 5.49. The molecule has 1 fully saturated rings. The Kier molecular flexibility index (Phi) is 15.2. The molecule has 3 aromatic rings. The SMILES string of the molecule is C=Cc1cc(C(=O)Cc2ccc(C(=N)CC(=O)OCCCCCC)cc2)c(-c2ccc(C(=O)NCC3CC3)nc2C(=O)OCOC(=O)CC)cc1CO. The molecule has 1 saturated carbocycles. The molecule has 1 aliphatic carbocycles.